The number of carbonyl (C=O) groups excluding carboxylic acids is 4. The van der Waals surface area contributed by atoms with E-state index in [1.165, 1.54) is 0 Å². The van der Waals surface area contributed by atoms with Gasteiger partial charge in [-0.1, -0.05) is 23.2 Å². The molecule has 4 amide bonds. The van der Waals surface area contributed by atoms with Gasteiger partial charge in [-0.15, -0.1) is 0 Å². The number of rotatable bonds is 9. The molecular formula is C22H24Cl2N4O6. The molecule has 0 heterocycles. The Morgan fingerprint density at radius 1 is 0.647 bits per heavy atom. The molecule has 0 atom stereocenters. The summed E-state index contributed by atoms with van der Waals surface area (Å²) in [5.41, 5.74) is 10.2. The number of hydrogen-bond acceptors (Lipinski definition) is 6. The van der Waals surface area contributed by atoms with E-state index in [9.17, 15) is 19.2 Å². The number of hydrazine groups is 2. The van der Waals surface area contributed by atoms with Gasteiger partial charge in [-0.25, -0.2) is 0 Å². The van der Waals surface area contributed by atoms with E-state index in [0.29, 0.717) is 21.5 Å². The average molecular weight is 511 g/mol. The normalized spacial score (nSPS) is 10.1. The Hall–Kier alpha value is -3.50. The largest absolute Gasteiger partial charge is 0.483 e. The summed E-state index contributed by atoms with van der Waals surface area (Å²) in [5.74, 6) is -1.40. The molecule has 4 N–H and O–H groups in total. The molecule has 10 nitrogen and oxygen atoms in total. The maximum absolute atomic E-state index is 11.8. The van der Waals surface area contributed by atoms with Crippen molar-refractivity contribution in [1.82, 2.24) is 21.7 Å². The number of carbonyl (C=O) groups is 4. The fourth-order valence-electron chi connectivity index (χ4n) is 2.54. The van der Waals surface area contributed by atoms with Crippen LogP contribution in [0.25, 0.3) is 0 Å². The van der Waals surface area contributed by atoms with Gasteiger partial charge in [-0.3, -0.25) is 40.9 Å². The minimum Gasteiger partial charge on any atom is -0.483 e. The van der Waals surface area contributed by atoms with Crippen LogP contribution >= 0.6 is 23.2 Å². The van der Waals surface area contributed by atoms with Crippen molar-refractivity contribution in [3.63, 3.8) is 0 Å². The van der Waals surface area contributed by atoms with Crippen molar-refractivity contribution in [2.24, 2.45) is 0 Å². The van der Waals surface area contributed by atoms with Gasteiger partial charge in [0.05, 0.1) is 0 Å². The summed E-state index contributed by atoms with van der Waals surface area (Å²) in [6, 6.07) is 9.90. The number of halogens is 2. The van der Waals surface area contributed by atoms with Crippen LogP contribution in [-0.4, -0.2) is 36.8 Å². The first kappa shape index (κ1) is 26.7. The minimum atomic E-state index is -0.598. The van der Waals surface area contributed by atoms with Crippen LogP contribution in [0.1, 0.15) is 24.0 Å². The van der Waals surface area contributed by atoms with Crippen molar-refractivity contribution < 1.29 is 28.7 Å². The van der Waals surface area contributed by atoms with Crippen LogP contribution in [0.5, 0.6) is 11.5 Å². The first-order chi connectivity index (χ1) is 16.1. The summed E-state index contributed by atoms with van der Waals surface area (Å²) in [4.78, 5) is 47.2. The Balaban J connectivity index is 1.58. The SMILES string of the molecule is Cc1cc(Cl)ccc1OCC(=O)NNC(=O)CCC(=O)NNC(=O)COc1ccc(Cl)cc1C. The predicted octanol–water partition coefficient (Wildman–Crippen LogP) is 2.14. The van der Waals surface area contributed by atoms with Crippen molar-refractivity contribution in [3.05, 3.63) is 57.6 Å². The standard InChI is InChI=1S/C22H24Cl2N4O6/c1-13-9-15(23)3-5-17(13)33-11-21(31)27-25-19(29)7-8-20(30)26-28-22(32)12-34-18-6-4-16(24)10-14(18)2/h3-6,9-10H,7-8,11-12H2,1-2H3,(H,25,29)(H,26,30)(H,27,31)(H,28,32). The van der Waals surface area contributed by atoms with E-state index in [4.69, 9.17) is 32.7 Å². The molecule has 0 unspecified atom stereocenters. The van der Waals surface area contributed by atoms with E-state index < -0.39 is 23.6 Å². The highest BCUT2D eigenvalue weighted by Gasteiger charge is 2.11. The number of ether oxygens (including phenoxy) is 2. The van der Waals surface area contributed by atoms with Gasteiger partial charge in [0, 0.05) is 22.9 Å². The molecule has 34 heavy (non-hydrogen) atoms. The molecule has 0 saturated carbocycles. The second kappa shape index (κ2) is 13.3. The van der Waals surface area contributed by atoms with Crippen molar-refractivity contribution in [2.45, 2.75) is 26.7 Å². The first-order valence-electron chi connectivity index (χ1n) is 10.1. The maximum atomic E-state index is 11.8. The van der Waals surface area contributed by atoms with Gasteiger partial charge >= 0.3 is 0 Å². The van der Waals surface area contributed by atoms with Crippen molar-refractivity contribution in [3.8, 4) is 11.5 Å². The molecule has 0 aromatic heterocycles. The van der Waals surface area contributed by atoms with E-state index in [0.717, 1.165) is 11.1 Å². The second-order valence-corrected chi connectivity index (χ2v) is 7.96. The van der Waals surface area contributed by atoms with Gasteiger partial charge in [0.2, 0.25) is 11.8 Å². The van der Waals surface area contributed by atoms with E-state index in [2.05, 4.69) is 21.7 Å². The molecule has 182 valence electrons. The van der Waals surface area contributed by atoms with Crippen LogP contribution in [-0.2, 0) is 19.2 Å². The van der Waals surface area contributed by atoms with Gasteiger partial charge < -0.3 is 9.47 Å². The molecule has 0 aliphatic rings. The minimum absolute atomic E-state index is 0.223. The summed E-state index contributed by atoms with van der Waals surface area (Å²) >= 11 is 11.7. The van der Waals surface area contributed by atoms with Crippen molar-refractivity contribution in [2.75, 3.05) is 13.2 Å². The Bertz CT molecular complexity index is 980. The van der Waals surface area contributed by atoms with Crippen LogP contribution in [0.3, 0.4) is 0 Å². The Morgan fingerprint density at radius 3 is 1.35 bits per heavy atom. The van der Waals surface area contributed by atoms with Crippen LogP contribution < -0.4 is 31.2 Å². The lowest BCUT2D eigenvalue weighted by atomic mass is 10.2. The quantitative estimate of drug-likeness (QED) is 0.381. The maximum Gasteiger partial charge on any atom is 0.276 e. The predicted molar refractivity (Wildman–Crippen MR) is 125 cm³/mol. The fourth-order valence-corrected chi connectivity index (χ4v) is 2.99. The number of nitrogens with one attached hydrogen (secondary N) is 4. The summed E-state index contributed by atoms with van der Waals surface area (Å²) in [5, 5.41) is 1.10. The zero-order valence-corrected chi connectivity index (χ0v) is 20.0. The molecule has 0 saturated heterocycles. The molecule has 0 radical (unpaired) electrons. The van der Waals surface area contributed by atoms with Gasteiger partial charge in [-0.05, 0) is 61.4 Å². The smallest absolute Gasteiger partial charge is 0.276 e. The highest BCUT2D eigenvalue weighted by atomic mass is 35.5. The van der Waals surface area contributed by atoms with Crippen LogP contribution in [0.2, 0.25) is 10.0 Å². The fraction of sp³-hybridized carbons (Fsp3) is 0.273. The Kier molecular flexibility index (Phi) is 10.4. The number of amides is 4. The van der Waals surface area contributed by atoms with E-state index in [1.54, 1.807) is 50.2 Å². The molecule has 2 rings (SSSR count). The second-order valence-electron chi connectivity index (χ2n) is 7.09. The third-order valence-electron chi connectivity index (χ3n) is 4.25. The Labute approximate surface area is 206 Å². The third kappa shape index (κ3) is 9.55. The summed E-state index contributed by atoms with van der Waals surface area (Å²) < 4.78 is 10.7. The number of aryl methyl sites for hydroxylation is 2. The summed E-state index contributed by atoms with van der Waals surface area (Å²) in [6.07, 6.45) is -0.445. The first-order valence-corrected chi connectivity index (χ1v) is 10.8. The topological polar surface area (TPSA) is 135 Å². The van der Waals surface area contributed by atoms with Gasteiger partial charge in [-0.2, -0.15) is 0 Å². The molecule has 12 heteroatoms. The summed E-state index contributed by atoms with van der Waals surface area (Å²) in [6.45, 7) is 2.91. The lowest BCUT2D eigenvalue weighted by Gasteiger charge is -2.11. The van der Waals surface area contributed by atoms with Crippen molar-refractivity contribution >= 4 is 46.8 Å². The molecule has 0 fully saturated rings. The highest BCUT2D eigenvalue weighted by molar-refractivity contribution is 6.31. The van der Waals surface area contributed by atoms with E-state index in [-0.39, 0.29) is 26.1 Å². The molecule has 0 aliphatic heterocycles. The molecule has 2 aromatic rings. The van der Waals surface area contributed by atoms with Crippen LogP contribution in [0, 0.1) is 13.8 Å². The van der Waals surface area contributed by atoms with Gasteiger partial charge in [0.15, 0.2) is 13.2 Å². The summed E-state index contributed by atoms with van der Waals surface area (Å²) in [7, 11) is 0. The lowest BCUT2D eigenvalue weighted by molar-refractivity contribution is -0.132. The molecule has 2 aromatic carbocycles. The molecule has 0 spiro atoms. The van der Waals surface area contributed by atoms with Gasteiger partial charge in [0.25, 0.3) is 11.8 Å². The van der Waals surface area contributed by atoms with E-state index in [1.807, 2.05) is 0 Å². The van der Waals surface area contributed by atoms with Crippen LogP contribution in [0.15, 0.2) is 36.4 Å². The van der Waals surface area contributed by atoms with Crippen molar-refractivity contribution in [1.29, 1.82) is 0 Å². The molecule has 0 aliphatic carbocycles. The highest BCUT2D eigenvalue weighted by Crippen LogP contribution is 2.22. The zero-order chi connectivity index (χ0) is 25.1. The number of benzene rings is 2. The van der Waals surface area contributed by atoms with Crippen LogP contribution in [0.4, 0.5) is 0 Å². The average Bonchev–Trinajstić information content (AvgIpc) is 2.78. The Morgan fingerprint density at radius 2 is 1.00 bits per heavy atom. The number of hydrogen-bond donors (Lipinski definition) is 4. The third-order valence-corrected chi connectivity index (χ3v) is 4.72. The molecular weight excluding hydrogens is 487 g/mol. The monoisotopic (exact) mass is 510 g/mol. The zero-order valence-electron chi connectivity index (χ0n) is 18.5. The lowest BCUT2D eigenvalue weighted by Crippen LogP contribution is -2.45. The van der Waals surface area contributed by atoms with E-state index >= 15 is 0 Å². The van der Waals surface area contributed by atoms with Gasteiger partial charge in [0.1, 0.15) is 11.5 Å². The molecule has 0 bridgehead atoms.